The average molecular weight is 245 g/mol. The third-order valence-electron chi connectivity index (χ3n) is 2.47. The summed E-state index contributed by atoms with van der Waals surface area (Å²) in [5.74, 6) is -1.92. The molecular formula is C13H11NO4. The van der Waals surface area contributed by atoms with Crippen molar-refractivity contribution in [1.29, 1.82) is 0 Å². The molecule has 0 radical (unpaired) electrons. The second kappa shape index (κ2) is 4.75. The van der Waals surface area contributed by atoms with Crippen LogP contribution in [-0.4, -0.2) is 24.1 Å². The van der Waals surface area contributed by atoms with Crippen molar-refractivity contribution >= 4 is 18.0 Å². The second-order valence-electron chi connectivity index (χ2n) is 3.64. The predicted molar refractivity (Wildman–Crippen MR) is 64.2 cm³/mol. The standard InChI is InChI=1S/C13H11NO4/c1-18-13(17)10-11(15)9(14-12(10)16)7-8-5-3-2-4-6-8/h2-7,15H,1H3,(H,14,16). The van der Waals surface area contributed by atoms with Crippen LogP contribution in [0.15, 0.2) is 47.4 Å². The monoisotopic (exact) mass is 245 g/mol. The van der Waals surface area contributed by atoms with E-state index in [9.17, 15) is 14.7 Å². The summed E-state index contributed by atoms with van der Waals surface area (Å²) in [6.07, 6.45) is 1.57. The SMILES string of the molecule is COC(=O)C1=C(O)C(=Cc2ccccc2)NC1=O. The molecule has 1 amide bonds. The van der Waals surface area contributed by atoms with Crippen LogP contribution in [-0.2, 0) is 14.3 Å². The van der Waals surface area contributed by atoms with Crippen LogP contribution in [0.4, 0.5) is 0 Å². The summed E-state index contributed by atoms with van der Waals surface area (Å²) in [4.78, 5) is 22.8. The van der Waals surface area contributed by atoms with Crippen molar-refractivity contribution < 1.29 is 19.4 Å². The summed E-state index contributed by atoms with van der Waals surface area (Å²) in [6, 6.07) is 9.12. The first kappa shape index (κ1) is 11.9. The maximum Gasteiger partial charge on any atom is 0.347 e. The van der Waals surface area contributed by atoms with E-state index < -0.39 is 17.6 Å². The molecule has 0 aliphatic carbocycles. The fourth-order valence-corrected chi connectivity index (χ4v) is 1.60. The van der Waals surface area contributed by atoms with Crippen LogP contribution in [0.5, 0.6) is 0 Å². The predicted octanol–water partition coefficient (Wildman–Crippen LogP) is 1.14. The van der Waals surface area contributed by atoms with Gasteiger partial charge in [-0.15, -0.1) is 0 Å². The van der Waals surface area contributed by atoms with Crippen LogP contribution >= 0.6 is 0 Å². The van der Waals surface area contributed by atoms with Gasteiger partial charge in [0, 0.05) is 0 Å². The number of aliphatic hydroxyl groups excluding tert-OH is 1. The van der Waals surface area contributed by atoms with Crippen LogP contribution in [0, 0.1) is 0 Å². The number of benzene rings is 1. The molecule has 5 nitrogen and oxygen atoms in total. The summed E-state index contributed by atoms with van der Waals surface area (Å²) in [6.45, 7) is 0. The van der Waals surface area contributed by atoms with E-state index >= 15 is 0 Å². The highest BCUT2D eigenvalue weighted by Crippen LogP contribution is 2.21. The van der Waals surface area contributed by atoms with E-state index in [4.69, 9.17) is 0 Å². The lowest BCUT2D eigenvalue weighted by molar-refractivity contribution is -0.137. The molecule has 0 spiro atoms. The Balaban J connectivity index is 2.39. The number of carbonyl (C=O) groups is 2. The van der Waals surface area contributed by atoms with E-state index in [1.807, 2.05) is 30.3 Å². The summed E-state index contributed by atoms with van der Waals surface area (Å²) >= 11 is 0. The molecule has 0 unspecified atom stereocenters. The molecule has 1 heterocycles. The molecule has 92 valence electrons. The van der Waals surface area contributed by atoms with E-state index in [0.29, 0.717) is 0 Å². The van der Waals surface area contributed by atoms with E-state index in [1.165, 1.54) is 0 Å². The largest absolute Gasteiger partial charge is 0.505 e. The fourth-order valence-electron chi connectivity index (χ4n) is 1.60. The van der Waals surface area contributed by atoms with Crippen LogP contribution in [0.1, 0.15) is 5.56 Å². The maximum atomic E-state index is 11.5. The first-order valence-corrected chi connectivity index (χ1v) is 5.23. The first-order chi connectivity index (χ1) is 8.63. The topological polar surface area (TPSA) is 75.6 Å². The highest BCUT2D eigenvalue weighted by molar-refractivity contribution is 6.20. The fraction of sp³-hybridized carbons (Fsp3) is 0.0769. The van der Waals surface area contributed by atoms with Gasteiger partial charge in [-0.3, -0.25) is 4.79 Å². The van der Waals surface area contributed by atoms with Gasteiger partial charge in [0.2, 0.25) is 0 Å². The van der Waals surface area contributed by atoms with E-state index in [1.54, 1.807) is 6.08 Å². The van der Waals surface area contributed by atoms with Crippen molar-refractivity contribution in [3.63, 3.8) is 0 Å². The number of esters is 1. The van der Waals surface area contributed by atoms with Gasteiger partial charge in [-0.05, 0) is 11.6 Å². The zero-order valence-electron chi connectivity index (χ0n) is 9.64. The van der Waals surface area contributed by atoms with Gasteiger partial charge in [-0.2, -0.15) is 0 Å². The Labute approximate surface area is 103 Å². The Hall–Kier alpha value is -2.56. The number of carbonyl (C=O) groups excluding carboxylic acids is 2. The Morgan fingerprint density at radius 2 is 2.00 bits per heavy atom. The van der Waals surface area contributed by atoms with Gasteiger partial charge in [0.1, 0.15) is 0 Å². The van der Waals surface area contributed by atoms with Crippen molar-refractivity contribution in [2.45, 2.75) is 0 Å². The van der Waals surface area contributed by atoms with Crippen LogP contribution in [0.3, 0.4) is 0 Å². The highest BCUT2D eigenvalue weighted by Gasteiger charge is 2.33. The summed E-state index contributed by atoms with van der Waals surface area (Å²) < 4.78 is 4.43. The van der Waals surface area contributed by atoms with Crippen LogP contribution in [0.2, 0.25) is 0 Å². The summed E-state index contributed by atoms with van der Waals surface area (Å²) in [7, 11) is 1.15. The number of rotatable bonds is 2. The smallest absolute Gasteiger partial charge is 0.347 e. The average Bonchev–Trinajstić information content (AvgIpc) is 2.65. The Bertz CT molecular complexity index is 558. The molecule has 1 aromatic carbocycles. The second-order valence-corrected chi connectivity index (χ2v) is 3.64. The molecule has 2 rings (SSSR count). The number of hydrogen-bond donors (Lipinski definition) is 2. The lowest BCUT2D eigenvalue weighted by atomic mass is 10.1. The normalized spacial score (nSPS) is 16.9. The summed E-state index contributed by atoms with van der Waals surface area (Å²) in [5.41, 5.74) is 0.608. The minimum absolute atomic E-state index is 0.187. The highest BCUT2D eigenvalue weighted by atomic mass is 16.5. The van der Waals surface area contributed by atoms with Gasteiger partial charge in [0.15, 0.2) is 11.3 Å². The minimum Gasteiger partial charge on any atom is -0.505 e. The number of ether oxygens (including phenoxy) is 1. The quantitative estimate of drug-likeness (QED) is 0.605. The van der Waals surface area contributed by atoms with E-state index in [-0.39, 0.29) is 11.3 Å². The molecule has 5 heteroatoms. The van der Waals surface area contributed by atoms with Crippen LogP contribution in [0.25, 0.3) is 6.08 Å². The van der Waals surface area contributed by atoms with Crippen molar-refractivity contribution in [2.75, 3.05) is 7.11 Å². The Kier molecular flexibility index (Phi) is 3.14. The first-order valence-electron chi connectivity index (χ1n) is 5.23. The van der Waals surface area contributed by atoms with Crippen LogP contribution < -0.4 is 5.32 Å². The van der Waals surface area contributed by atoms with Gasteiger partial charge in [-0.1, -0.05) is 30.3 Å². The molecule has 0 fully saturated rings. The number of nitrogens with one attached hydrogen (secondary N) is 1. The maximum absolute atomic E-state index is 11.5. The lowest BCUT2D eigenvalue weighted by Crippen LogP contribution is -2.20. The molecule has 0 saturated heterocycles. The third-order valence-corrected chi connectivity index (χ3v) is 2.47. The van der Waals surface area contributed by atoms with Crippen molar-refractivity contribution in [3.8, 4) is 0 Å². The molecule has 0 saturated carbocycles. The molecule has 1 aromatic rings. The molecular weight excluding hydrogens is 234 g/mol. The van der Waals surface area contributed by atoms with Crippen molar-refractivity contribution in [3.05, 3.63) is 52.9 Å². The van der Waals surface area contributed by atoms with Crippen molar-refractivity contribution in [2.24, 2.45) is 0 Å². The zero-order valence-corrected chi connectivity index (χ0v) is 9.64. The van der Waals surface area contributed by atoms with E-state index in [0.717, 1.165) is 12.7 Å². The molecule has 0 aromatic heterocycles. The summed E-state index contributed by atoms with van der Waals surface area (Å²) in [5, 5.41) is 12.2. The van der Waals surface area contributed by atoms with Crippen molar-refractivity contribution in [1.82, 2.24) is 5.32 Å². The van der Waals surface area contributed by atoms with Gasteiger partial charge < -0.3 is 15.2 Å². The molecule has 1 aliphatic rings. The van der Waals surface area contributed by atoms with Gasteiger partial charge in [-0.25, -0.2) is 4.79 Å². The Morgan fingerprint density at radius 1 is 1.33 bits per heavy atom. The molecule has 18 heavy (non-hydrogen) atoms. The molecule has 1 aliphatic heterocycles. The van der Waals surface area contributed by atoms with E-state index in [2.05, 4.69) is 10.1 Å². The molecule has 0 atom stereocenters. The number of aliphatic hydroxyl groups is 1. The zero-order chi connectivity index (χ0) is 13.1. The minimum atomic E-state index is -0.860. The third kappa shape index (κ3) is 2.10. The number of methoxy groups -OCH3 is 1. The number of amides is 1. The Morgan fingerprint density at radius 3 is 2.61 bits per heavy atom. The molecule has 2 N–H and O–H groups in total. The lowest BCUT2D eigenvalue weighted by Gasteiger charge is -1.99. The van der Waals surface area contributed by atoms with Gasteiger partial charge in [0.05, 0.1) is 12.8 Å². The van der Waals surface area contributed by atoms with Gasteiger partial charge >= 0.3 is 5.97 Å². The van der Waals surface area contributed by atoms with Gasteiger partial charge in [0.25, 0.3) is 5.91 Å². The number of hydrogen-bond acceptors (Lipinski definition) is 4. The molecule has 0 bridgehead atoms.